The minimum absolute atomic E-state index is 0.598. The fourth-order valence-electron chi connectivity index (χ4n) is 2.37. The predicted molar refractivity (Wildman–Crippen MR) is 75.3 cm³/mol. The maximum atomic E-state index is 12.4. The van der Waals surface area contributed by atoms with Crippen molar-refractivity contribution < 1.29 is 13.2 Å². The molecule has 0 radical (unpaired) electrons. The van der Waals surface area contributed by atoms with Gasteiger partial charge < -0.3 is 0 Å². The molecular weight excluding hydrogens is 263 g/mol. The molecule has 0 aromatic heterocycles. The number of rotatable bonds is 3. The van der Waals surface area contributed by atoms with Gasteiger partial charge in [0.15, 0.2) is 0 Å². The fraction of sp³-hybridized carbons (Fsp3) is 0.500. The summed E-state index contributed by atoms with van der Waals surface area (Å²) >= 11 is 0. The highest BCUT2D eigenvalue weighted by atomic mass is 19.4. The van der Waals surface area contributed by atoms with Gasteiger partial charge in [-0.25, -0.2) is 0 Å². The summed E-state index contributed by atoms with van der Waals surface area (Å²) in [6.45, 7) is 5.36. The van der Waals surface area contributed by atoms with Gasteiger partial charge in [0.25, 0.3) is 0 Å². The normalized spacial score (nSPS) is 18.8. The molecule has 0 atom stereocenters. The molecule has 1 aliphatic rings. The number of benzene rings is 1. The van der Waals surface area contributed by atoms with Crippen LogP contribution in [0.2, 0.25) is 0 Å². The summed E-state index contributed by atoms with van der Waals surface area (Å²) in [5, 5.41) is 0. The van der Waals surface area contributed by atoms with E-state index in [1.165, 1.54) is 25.0 Å². The maximum absolute atomic E-state index is 12.4. The molecule has 20 heavy (non-hydrogen) atoms. The van der Waals surface area contributed by atoms with E-state index >= 15 is 0 Å². The first kappa shape index (κ1) is 15.1. The Balaban J connectivity index is 1.85. The molecule has 0 saturated carbocycles. The number of hydrogen-bond acceptors (Lipinski definition) is 1. The van der Waals surface area contributed by atoms with Crippen molar-refractivity contribution in [2.75, 3.05) is 19.6 Å². The zero-order valence-electron chi connectivity index (χ0n) is 11.7. The highest BCUT2D eigenvalue weighted by Gasteiger charge is 2.29. The minimum atomic E-state index is -4.26. The van der Waals surface area contributed by atoms with Gasteiger partial charge in [0.2, 0.25) is 0 Å². The molecule has 0 spiro atoms. The van der Waals surface area contributed by atoms with E-state index in [1.54, 1.807) is 0 Å². The molecule has 110 valence electrons. The third kappa shape index (κ3) is 4.37. The Kier molecular flexibility index (Phi) is 4.86. The van der Waals surface area contributed by atoms with Gasteiger partial charge in [-0.1, -0.05) is 31.2 Å². The van der Waals surface area contributed by atoms with Crippen LogP contribution in [0.1, 0.15) is 30.9 Å². The van der Waals surface area contributed by atoms with Gasteiger partial charge in [-0.3, -0.25) is 4.90 Å². The summed E-state index contributed by atoms with van der Waals surface area (Å²) in [6, 6.07) is 5.28. The predicted octanol–water partition coefficient (Wildman–Crippen LogP) is 4.45. The van der Waals surface area contributed by atoms with Crippen molar-refractivity contribution in [1.82, 2.24) is 4.90 Å². The van der Waals surface area contributed by atoms with Gasteiger partial charge in [0.05, 0.1) is 5.56 Å². The van der Waals surface area contributed by atoms with Crippen molar-refractivity contribution in [1.29, 1.82) is 0 Å². The number of alkyl halides is 3. The van der Waals surface area contributed by atoms with E-state index in [4.69, 9.17) is 0 Å². The van der Waals surface area contributed by atoms with E-state index in [0.29, 0.717) is 0 Å². The van der Waals surface area contributed by atoms with Gasteiger partial charge in [0, 0.05) is 6.54 Å². The Hall–Kier alpha value is -1.29. The maximum Gasteiger partial charge on any atom is 0.416 e. The zero-order valence-corrected chi connectivity index (χ0v) is 11.7. The van der Waals surface area contributed by atoms with Gasteiger partial charge in [0.1, 0.15) is 0 Å². The first-order valence-electron chi connectivity index (χ1n) is 7.01. The second-order valence-electron chi connectivity index (χ2n) is 5.51. The van der Waals surface area contributed by atoms with Crippen LogP contribution >= 0.6 is 0 Å². The van der Waals surface area contributed by atoms with Gasteiger partial charge in [-0.05, 0) is 49.5 Å². The third-order valence-electron chi connectivity index (χ3n) is 3.79. The molecule has 0 unspecified atom stereocenters. The van der Waals surface area contributed by atoms with Crippen LogP contribution in [-0.4, -0.2) is 24.5 Å². The topological polar surface area (TPSA) is 3.24 Å². The molecule has 0 bridgehead atoms. The number of halogens is 3. The molecule has 0 N–H and O–H groups in total. The highest BCUT2D eigenvalue weighted by Crippen LogP contribution is 2.29. The molecular formula is C16H20F3N. The first-order valence-corrected chi connectivity index (χ1v) is 7.01. The lowest BCUT2D eigenvalue weighted by atomic mass is 9.99. The fourth-order valence-corrected chi connectivity index (χ4v) is 2.37. The molecule has 0 amide bonds. The Labute approximate surface area is 118 Å². The lowest BCUT2D eigenvalue weighted by Crippen LogP contribution is -2.32. The second-order valence-corrected chi connectivity index (χ2v) is 5.51. The minimum Gasteiger partial charge on any atom is -0.300 e. The van der Waals surface area contributed by atoms with Crippen molar-refractivity contribution in [3.8, 4) is 0 Å². The van der Waals surface area contributed by atoms with Crippen LogP contribution in [0.5, 0.6) is 0 Å². The summed E-state index contributed by atoms with van der Waals surface area (Å²) in [7, 11) is 0. The van der Waals surface area contributed by atoms with Crippen LogP contribution in [-0.2, 0) is 6.18 Å². The van der Waals surface area contributed by atoms with Crippen molar-refractivity contribution in [2.45, 2.75) is 25.9 Å². The zero-order chi connectivity index (χ0) is 14.6. The highest BCUT2D eigenvalue weighted by molar-refractivity contribution is 5.50. The summed E-state index contributed by atoms with van der Waals surface area (Å²) in [5.41, 5.74) is 0.211. The molecule has 1 heterocycles. The number of likely N-dealkylation sites (tertiary alicyclic amines) is 1. The van der Waals surface area contributed by atoms with Crippen LogP contribution in [0.3, 0.4) is 0 Å². The molecule has 1 saturated heterocycles. The molecule has 1 nitrogen and oxygen atoms in total. The quantitative estimate of drug-likeness (QED) is 0.792. The van der Waals surface area contributed by atoms with E-state index in [-0.39, 0.29) is 0 Å². The van der Waals surface area contributed by atoms with E-state index < -0.39 is 11.7 Å². The van der Waals surface area contributed by atoms with E-state index in [0.717, 1.165) is 43.2 Å². The molecule has 1 aromatic carbocycles. The number of hydrogen-bond donors (Lipinski definition) is 0. The van der Waals surface area contributed by atoms with Gasteiger partial charge in [-0.2, -0.15) is 13.2 Å². The Bertz CT molecular complexity index is 440. The van der Waals surface area contributed by atoms with Crippen molar-refractivity contribution in [2.24, 2.45) is 5.92 Å². The number of nitrogens with zero attached hydrogens (tertiary/aromatic N) is 1. The molecule has 0 aliphatic carbocycles. The largest absolute Gasteiger partial charge is 0.416 e. The van der Waals surface area contributed by atoms with Crippen molar-refractivity contribution in [3.63, 3.8) is 0 Å². The van der Waals surface area contributed by atoms with E-state index in [2.05, 4.69) is 11.8 Å². The van der Waals surface area contributed by atoms with Crippen molar-refractivity contribution in [3.05, 3.63) is 41.5 Å². The summed E-state index contributed by atoms with van der Waals surface area (Å²) < 4.78 is 37.3. The number of piperidine rings is 1. The molecule has 1 aliphatic heterocycles. The van der Waals surface area contributed by atoms with Crippen LogP contribution in [0, 0.1) is 5.92 Å². The Morgan fingerprint density at radius 1 is 1.15 bits per heavy atom. The lowest BCUT2D eigenvalue weighted by molar-refractivity contribution is -0.137. The smallest absolute Gasteiger partial charge is 0.300 e. The van der Waals surface area contributed by atoms with E-state index in [1.807, 2.05) is 12.2 Å². The Morgan fingerprint density at radius 3 is 2.30 bits per heavy atom. The van der Waals surface area contributed by atoms with Crippen LogP contribution in [0.25, 0.3) is 6.08 Å². The SMILES string of the molecule is CC1CCN(CC=Cc2ccc(C(F)(F)F)cc2)CC1. The molecule has 1 fully saturated rings. The van der Waals surface area contributed by atoms with Gasteiger partial charge in [-0.15, -0.1) is 0 Å². The monoisotopic (exact) mass is 283 g/mol. The first-order chi connectivity index (χ1) is 9.45. The van der Waals surface area contributed by atoms with Crippen LogP contribution in [0.15, 0.2) is 30.3 Å². The van der Waals surface area contributed by atoms with Crippen LogP contribution in [0.4, 0.5) is 13.2 Å². The van der Waals surface area contributed by atoms with E-state index in [9.17, 15) is 13.2 Å². The Morgan fingerprint density at radius 2 is 1.75 bits per heavy atom. The van der Waals surface area contributed by atoms with Crippen LogP contribution < -0.4 is 0 Å². The average Bonchev–Trinajstić information content (AvgIpc) is 2.41. The lowest BCUT2D eigenvalue weighted by Gasteiger charge is -2.29. The molecule has 1 aromatic rings. The standard InChI is InChI=1S/C16H20F3N/c1-13-8-11-20(12-9-13)10-2-3-14-4-6-15(7-5-14)16(17,18)19/h2-7,13H,8-12H2,1H3. The van der Waals surface area contributed by atoms with Crippen molar-refractivity contribution >= 4 is 6.08 Å². The second kappa shape index (κ2) is 6.44. The average molecular weight is 283 g/mol. The summed E-state index contributed by atoms with van der Waals surface area (Å²) in [5.74, 6) is 0.810. The summed E-state index contributed by atoms with van der Waals surface area (Å²) in [6.07, 6.45) is 2.12. The van der Waals surface area contributed by atoms with Gasteiger partial charge >= 0.3 is 6.18 Å². The third-order valence-corrected chi connectivity index (χ3v) is 3.79. The molecule has 2 rings (SSSR count). The summed E-state index contributed by atoms with van der Waals surface area (Å²) in [4.78, 5) is 2.38. The molecule has 4 heteroatoms.